The van der Waals surface area contributed by atoms with Crippen molar-refractivity contribution in [2.75, 3.05) is 25.5 Å². The van der Waals surface area contributed by atoms with Crippen molar-refractivity contribution < 1.29 is 22.3 Å². The van der Waals surface area contributed by atoms with Gasteiger partial charge in [-0.15, -0.1) is 0 Å². The van der Waals surface area contributed by atoms with E-state index in [4.69, 9.17) is 4.74 Å². The highest BCUT2D eigenvalue weighted by Gasteiger charge is 2.35. The van der Waals surface area contributed by atoms with Crippen LogP contribution in [0.5, 0.6) is 5.75 Å². The number of nitrogens with zero attached hydrogens (tertiary/aromatic N) is 1. The Morgan fingerprint density at radius 2 is 2.04 bits per heavy atom. The molecule has 0 radical (unpaired) electrons. The normalized spacial score (nSPS) is 17.9. The number of amides is 1. The zero-order chi connectivity index (χ0) is 20.3. The Morgan fingerprint density at radius 1 is 1.29 bits per heavy atom. The van der Waals surface area contributed by atoms with Gasteiger partial charge in [0.25, 0.3) is 0 Å². The van der Waals surface area contributed by atoms with E-state index < -0.39 is 21.8 Å². The van der Waals surface area contributed by atoms with Gasteiger partial charge >= 0.3 is 0 Å². The first-order chi connectivity index (χ1) is 13.3. The van der Waals surface area contributed by atoms with Gasteiger partial charge in [-0.2, -0.15) is 4.31 Å². The number of carbonyl (C=O) groups is 1. The van der Waals surface area contributed by atoms with E-state index in [9.17, 15) is 17.6 Å². The zero-order valence-electron chi connectivity index (χ0n) is 15.2. The van der Waals surface area contributed by atoms with Crippen LogP contribution in [0, 0.1) is 11.7 Å². The average Bonchev–Trinajstić information content (AvgIpc) is 2.69. The summed E-state index contributed by atoms with van der Waals surface area (Å²) in [5.41, 5.74) is 0.624. The number of nitrogens with one attached hydrogen (secondary N) is 1. The summed E-state index contributed by atoms with van der Waals surface area (Å²) in [4.78, 5) is 12.4. The van der Waals surface area contributed by atoms with Gasteiger partial charge in [0, 0.05) is 17.6 Å². The summed E-state index contributed by atoms with van der Waals surface area (Å²) in [6.07, 6.45) is 1.10. The molecule has 0 bridgehead atoms. The number of ether oxygens (including phenoxy) is 1. The molecule has 1 aliphatic heterocycles. The Labute approximate surface area is 171 Å². The lowest BCUT2D eigenvalue weighted by molar-refractivity contribution is -0.120. The van der Waals surface area contributed by atoms with Crippen molar-refractivity contribution in [1.82, 2.24) is 4.31 Å². The predicted octanol–water partition coefficient (Wildman–Crippen LogP) is 3.64. The molecule has 9 heteroatoms. The molecular formula is C19H20BrFN2O4S. The second kappa shape index (κ2) is 8.59. The fraction of sp³-hybridized carbons (Fsp3) is 0.316. The Bertz CT molecular complexity index is 984. The molecule has 2 aromatic rings. The third-order valence-corrected chi connectivity index (χ3v) is 7.21. The maximum absolute atomic E-state index is 13.7. The molecule has 1 fully saturated rings. The summed E-state index contributed by atoms with van der Waals surface area (Å²) in [6.45, 7) is 0.291. The number of rotatable bonds is 5. The van der Waals surface area contributed by atoms with Crippen molar-refractivity contribution in [1.29, 1.82) is 0 Å². The molecule has 28 heavy (non-hydrogen) atoms. The standard InChI is InChI=1S/C19H20BrFN2O4S/c1-27-17-9-8-14(21)11-18(17)28(25,26)23-10-4-5-13(12-23)19(24)22-16-7-3-2-6-15(16)20/h2-3,6-9,11,13H,4-5,10,12H2,1H3,(H,22,24)/t13-/m1/s1. The quantitative estimate of drug-likeness (QED) is 0.723. The summed E-state index contributed by atoms with van der Waals surface area (Å²) in [6, 6.07) is 10.6. The van der Waals surface area contributed by atoms with E-state index >= 15 is 0 Å². The number of piperidine rings is 1. The van der Waals surface area contributed by atoms with Gasteiger partial charge in [-0.05, 0) is 59.1 Å². The van der Waals surface area contributed by atoms with E-state index in [1.54, 1.807) is 12.1 Å². The monoisotopic (exact) mass is 470 g/mol. The van der Waals surface area contributed by atoms with E-state index in [1.807, 2.05) is 12.1 Å². The first kappa shape index (κ1) is 20.8. The van der Waals surface area contributed by atoms with Crippen molar-refractivity contribution >= 4 is 37.5 Å². The second-order valence-electron chi connectivity index (χ2n) is 6.47. The number of sulfonamides is 1. The predicted molar refractivity (Wildman–Crippen MR) is 107 cm³/mol. The number of hydrogen-bond acceptors (Lipinski definition) is 4. The van der Waals surface area contributed by atoms with Crippen molar-refractivity contribution in [3.8, 4) is 5.75 Å². The molecule has 0 aliphatic carbocycles. The molecule has 0 saturated carbocycles. The molecule has 2 aromatic carbocycles. The maximum Gasteiger partial charge on any atom is 0.246 e. The fourth-order valence-electron chi connectivity index (χ4n) is 3.16. The second-order valence-corrected chi connectivity index (χ2v) is 9.23. The van der Waals surface area contributed by atoms with Crippen LogP contribution in [0.4, 0.5) is 10.1 Å². The van der Waals surface area contributed by atoms with Gasteiger partial charge in [-0.25, -0.2) is 12.8 Å². The summed E-state index contributed by atoms with van der Waals surface area (Å²) < 4.78 is 46.8. The van der Waals surface area contributed by atoms with Crippen LogP contribution in [-0.4, -0.2) is 38.8 Å². The van der Waals surface area contributed by atoms with Crippen LogP contribution in [0.15, 0.2) is 51.8 Å². The largest absolute Gasteiger partial charge is 0.495 e. The lowest BCUT2D eigenvalue weighted by Gasteiger charge is -2.31. The SMILES string of the molecule is COc1ccc(F)cc1S(=O)(=O)N1CCC[C@@H](C(=O)Nc2ccccc2Br)C1. The van der Waals surface area contributed by atoms with Gasteiger partial charge in [-0.3, -0.25) is 4.79 Å². The van der Waals surface area contributed by atoms with Crippen molar-refractivity contribution in [3.05, 3.63) is 52.8 Å². The lowest BCUT2D eigenvalue weighted by Crippen LogP contribution is -2.43. The van der Waals surface area contributed by atoms with Crippen LogP contribution >= 0.6 is 15.9 Å². The van der Waals surface area contributed by atoms with Gasteiger partial charge in [0.1, 0.15) is 16.5 Å². The van der Waals surface area contributed by atoms with E-state index in [0.717, 1.165) is 16.6 Å². The van der Waals surface area contributed by atoms with Crippen LogP contribution in [-0.2, 0) is 14.8 Å². The molecule has 6 nitrogen and oxygen atoms in total. The summed E-state index contributed by atoms with van der Waals surface area (Å²) >= 11 is 3.38. The molecule has 0 unspecified atom stereocenters. The Kier molecular flexibility index (Phi) is 6.36. The first-order valence-corrected chi connectivity index (χ1v) is 11.0. The molecule has 1 saturated heterocycles. The van der Waals surface area contributed by atoms with Gasteiger partial charge in [-0.1, -0.05) is 12.1 Å². The van der Waals surface area contributed by atoms with Crippen LogP contribution in [0.2, 0.25) is 0 Å². The van der Waals surface area contributed by atoms with Crippen LogP contribution in [0.3, 0.4) is 0 Å². The fourth-order valence-corrected chi connectivity index (χ4v) is 5.24. The van der Waals surface area contributed by atoms with E-state index in [-0.39, 0.29) is 29.6 Å². The third-order valence-electron chi connectivity index (χ3n) is 4.63. The zero-order valence-corrected chi connectivity index (χ0v) is 17.6. The van der Waals surface area contributed by atoms with Crippen LogP contribution in [0.25, 0.3) is 0 Å². The molecule has 0 spiro atoms. The molecule has 0 aromatic heterocycles. The topological polar surface area (TPSA) is 75.7 Å². The number of hydrogen-bond donors (Lipinski definition) is 1. The highest BCUT2D eigenvalue weighted by atomic mass is 79.9. The number of benzene rings is 2. The molecular weight excluding hydrogens is 451 g/mol. The summed E-state index contributed by atoms with van der Waals surface area (Å²) in [5, 5.41) is 2.83. The summed E-state index contributed by atoms with van der Waals surface area (Å²) in [7, 11) is -2.67. The smallest absolute Gasteiger partial charge is 0.246 e. The molecule has 1 atom stereocenters. The minimum Gasteiger partial charge on any atom is -0.495 e. The number of anilines is 1. The Balaban J connectivity index is 1.80. The molecule has 150 valence electrons. The van der Waals surface area contributed by atoms with Crippen LogP contribution < -0.4 is 10.1 Å². The Morgan fingerprint density at radius 3 is 2.75 bits per heavy atom. The maximum atomic E-state index is 13.7. The van der Waals surface area contributed by atoms with E-state index in [2.05, 4.69) is 21.2 Å². The molecule has 1 aliphatic rings. The minimum atomic E-state index is -4.00. The molecule has 3 rings (SSSR count). The minimum absolute atomic E-state index is 0.0261. The number of carbonyl (C=O) groups excluding carboxylic acids is 1. The van der Waals surface area contributed by atoms with Gasteiger partial charge in [0.2, 0.25) is 15.9 Å². The Hall–Kier alpha value is -1.97. The molecule has 1 heterocycles. The average molecular weight is 471 g/mol. The number of methoxy groups -OCH3 is 1. The molecule has 1 N–H and O–H groups in total. The van der Waals surface area contributed by atoms with Gasteiger partial charge in [0.05, 0.1) is 18.7 Å². The lowest BCUT2D eigenvalue weighted by atomic mass is 9.99. The van der Waals surface area contributed by atoms with Gasteiger partial charge in [0.15, 0.2) is 0 Å². The highest BCUT2D eigenvalue weighted by molar-refractivity contribution is 9.10. The third kappa shape index (κ3) is 4.37. The molecule has 1 amide bonds. The summed E-state index contributed by atoms with van der Waals surface area (Å²) in [5.74, 6) is -1.35. The van der Waals surface area contributed by atoms with E-state index in [1.165, 1.54) is 17.5 Å². The van der Waals surface area contributed by atoms with Gasteiger partial charge < -0.3 is 10.1 Å². The van der Waals surface area contributed by atoms with Crippen molar-refractivity contribution in [2.45, 2.75) is 17.7 Å². The van der Waals surface area contributed by atoms with Crippen LogP contribution in [0.1, 0.15) is 12.8 Å². The number of halogens is 2. The first-order valence-electron chi connectivity index (χ1n) is 8.72. The van der Waals surface area contributed by atoms with Crippen molar-refractivity contribution in [2.24, 2.45) is 5.92 Å². The highest BCUT2D eigenvalue weighted by Crippen LogP contribution is 2.31. The van der Waals surface area contributed by atoms with E-state index in [0.29, 0.717) is 18.5 Å². The van der Waals surface area contributed by atoms with Crippen molar-refractivity contribution in [3.63, 3.8) is 0 Å². The number of para-hydroxylation sites is 1.